The van der Waals surface area contributed by atoms with E-state index in [-0.39, 0.29) is 18.5 Å². The molecular weight excluding hydrogens is 947 g/mol. The summed E-state index contributed by atoms with van der Waals surface area (Å²) >= 11 is 0. The lowest BCUT2D eigenvalue weighted by Gasteiger charge is -2.22. The topological polar surface area (TPSA) is 95.9 Å². The summed E-state index contributed by atoms with van der Waals surface area (Å²) in [6, 6.07) is -0.539. The summed E-state index contributed by atoms with van der Waals surface area (Å²) in [4.78, 5) is 24.6. The van der Waals surface area contributed by atoms with E-state index in [9.17, 15) is 19.8 Å². The zero-order chi connectivity index (χ0) is 55.7. The molecule has 2 unspecified atom stereocenters. The standard InChI is InChI=1S/C71H137NO5/c1-3-5-7-9-11-13-15-17-18-19-35-38-41-45-49-53-57-61-65-71(76)77-66-62-58-54-50-46-42-39-36-33-31-29-27-25-23-21-20-22-24-26-28-30-32-34-37-40-44-48-52-56-60-64-70(75)72-68(67-73)69(74)63-59-55-51-47-43-16-14-12-10-8-6-4-2/h18-19,21,23,68-69,73-74H,3-17,20,22,24-67H2,1-2H3,(H,72,75)/b19-18-,23-21-. The lowest BCUT2D eigenvalue weighted by Crippen LogP contribution is -2.45. The molecule has 0 aromatic carbocycles. The Morgan fingerprint density at radius 2 is 0.610 bits per heavy atom. The van der Waals surface area contributed by atoms with Crippen molar-refractivity contribution in [3.05, 3.63) is 24.3 Å². The Hall–Kier alpha value is -1.66. The molecule has 0 fully saturated rings. The van der Waals surface area contributed by atoms with Crippen LogP contribution >= 0.6 is 0 Å². The number of carbonyl (C=O) groups excluding carboxylic acids is 2. The number of esters is 1. The Balaban J connectivity index is 3.34. The van der Waals surface area contributed by atoms with E-state index in [0.717, 1.165) is 44.9 Å². The van der Waals surface area contributed by atoms with Gasteiger partial charge < -0.3 is 20.3 Å². The van der Waals surface area contributed by atoms with Crippen molar-refractivity contribution < 1.29 is 24.5 Å². The maximum Gasteiger partial charge on any atom is 0.305 e. The number of aliphatic hydroxyl groups is 2. The molecule has 0 aromatic heterocycles. The van der Waals surface area contributed by atoms with E-state index in [4.69, 9.17) is 4.74 Å². The number of amides is 1. The summed E-state index contributed by atoms with van der Waals surface area (Å²) in [6.45, 7) is 4.97. The van der Waals surface area contributed by atoms with Crippen LogP contribution in [-0.2, 0) is 14.3 Å². The number of nitrogens with one attached hydrogen (secondary N) is 1. The fraction of sp³-hybridized carbons (Fsp3) is 0.915. The van der Waals surface area contributed by atoms with Gasteiger partial charge in [-0.2, -0.15) is 0 Å². The first kappa shape index (κ1) is 75.3. The highest BCUT2D eigenvalue weighted by atomic mass is 16.5. The summed E-state index contributed by atoms with van der Waals surface area (Å²) in [5.41, 5.74) is 0. The molecule has 0 saturated heterocycles. The summed E-state index contributed by atoms with van der Waals surface area (Å²) in [7, 11) is 0. The second-order valence-corrected chi connectivity index (χ2v) is 24.2. The van der Waals surface area contributed by atoms with Crippen LogP contribution in [0.25, 0.3) is 0 Å². The first-order valence-corrected chi connectivity index (χ1v) is 35.1. The third-order valence-corrected chi connectivity index (χ3v) is 16.5. The Labute approximate surface area is 481 Å². The van der Waals surface area contributed by atoms with Crippen molar-refractivity contribution in [1.29, 1.82) is 0 Å². The Morgan fingerprint density at radius 1 is 0.351 bits per heavy atom. The number of hydrogen-bond acceptors (Lipinski definition) is 5. The Kier molecular flexibility index (Phi) is 65.4. The van der Waals surface area contributed by atoms with E-state index in [1.54, 1.807) is 0 Å². The van der Waals surface area contributed by atoms with Crippen LogP contribution in [0.3, 0.4) is 0 Å². The molecule has 77 heavy (non-hydrogen) atoms. The van der Waals surface area contributed by atoms with Gasteiger partial charge in [-0.1, -0.05) is 327 Å². The van der Waals surface area contributed by atoms with E-state index in [1.807, 2.05) is 0 Å². The monoisotopic (exact) mass is 1080 g/mol. The SMILES string of the molecule is CCCCCCCCC/C=C\CCCCCCCCCC(=O)OCCCCCCCCCCCCCC/C=C\CCCCCCCCCCCCCCCCC(=O)NC(CO)C(O)CCCCCCCCCCCCCC. The minimum Gasteiger partial charge on any atom is -0.466 e. The Morgan fingerprint density at radius 3 is 0.922 bits per heavy atom. The maximum absolute atomic E-state index is 12.5. The van der Waals surface area contributed by atoms with Crippen molar-refractivity contribution in [2.24, 2.45) is 0 Å². The molecule has 0 aliphatic heterocycles. The summed E-state index contributed by atoms with van der Waals surface area (Å²) in [6.07, 6.45) is 83.8. The van der Waals surface area contributed by atoms with Gasteiger partial charge in [-0.3, -0.25) is 9.59 Å². The highest BCUT2D eigenvalue weighted by Gasteiger charge is 2.20. The smallest absolute Gasteiger partial charge is 0.305 e. The van der Waals surface area contributed by atoms with Crippen molar-refractivity contribution in [2.45, 2.75) is 405 Å². The van der Waals surface area contributed by atoms with Gasteiger partial charge in [-0.15, -0.1) is 0 Å². The van der Waals surface area contributed by atoms with E-state index in [0.29, 0.717) is 25.9 Å². The zero-order valence-corrected chi connectivity index (χ0v) is 52.2. The molecule has 0 aromatic rings. The fourth-order valence-electron chi connectivity index (χ4n) is 11.1. The molecule has 456 valence electrons. The molecule has 2 atom stereocenters. The van der Waals surface area contributed by atoms with E-state index >= 15 is 0 Å². The number of allylic oxidation sites excluding steroid dienone is 4. The summed E-state index contributed by atoms with van der Waals surface area (Å²) in [5.74, 6) is -0.0173. The number of aliphatic hydroxyl groups excluding tert-OH is 2. The van der Waals surface area contributed by atoms with Crippen LogP contribution < -0.4 is 5.32 Å². The van der Waals surface area contributed by atoms with Crippen molar-refractivity contribution in [1.82, 2.24) is 5.32 Å². The third-order valence-electron chi connectivity index (χ3n) is 16.5. The van der Waals surface area contributed by atoms with Crippen LogP contribution in [-0.4, -0.2) is 47.4 Å². The van der Waals surface area contributed by atoms with Crippen LogP contribution in [0, 0.1) is 0 Å². The molecular formula is C71H137NO5. The van der Waals surface area contributed by atoms with Crippen LogP contribution in [0.15, 0.2) is 24.3 Å². The number of unbranched alkanes of at least 4 members (excludes halogenated alkanes) is 51. The average Bonchev–Trinajstić information content (AvgIpc) is 3.43. The quantitative estimate of drug-likeness (QED) is 0.0320. The predicted molar refractivity (Wildman–Crippen MR) is 338 cm³/mol. The molecule has 0 heterocycles. The largest absolute Gasteiger partial charge is 0.466 e. The van der Waals surface area contributed by atoms with Gasteiger partial charge >= 0.3 is 5.97 Å². The molecule has 0 saturated carbocycles. The van der Waals surface area contributed by atoms with Crippen LogP contribution in [0.1, 0.15) is 393 Å². The van der Waals surface area contributed by atoms with Gasteiger partial charge in [0.1, 0.15) is 0 Å². The number of ether oxygens (including phenoxy) is 1. The van der Waals surface area contributed by atoms with Gasteiger partial charge in [0, 0.05) is 12.8 Å². The van der Waals surface area contributed by atoms with Gasteiger partial charge in [0.25, 0.3) is 0 Å². The highest BCUT2D eigenvalue weighted by Crippen LogP contribution is 2.18. The number of carbonyl (C=O) groups is 2. The third kappa shape index (κ3) is 63.4. The Bertz CT molecular complexity index is 1200. The molecule has 6 nitrogen and oxygen atoms in total. The zero-order valence-electron chi connectivity index (χ0n) is 52.2. The van der Waals surface area contributed by atoms with E-state index < -0.39 is 12.1 Å². The molecule has 0 spiro atoms. The molecule has 1 amide bonds. The van der Waals surface area contributed by atoms with Crippen molar-refractivity contribution >= 4 is 11.9 Å². The van der Waals surface area contributed by atoms with Crippen LogP contribution in [0.5, 0.6) is 0 Å². The molecule has 0 radical (unpaired) electrons. The van der Waals surface area contributed by atoms with Gasteiger partial charge in [0.05, 0.1) is 25.4 Å². The summed E-state index contributed by atoms with van der Waals surface area (Å²) < 4.78 is 5.50. The lowest BCUT2D eigenvalue weighted by atomic mass is 10.0. The average molecular weight is 1080 g/mol. The first-order chi connectivity index (χ1) is 38.0. The summed E-state index contributed by atoms with van der Waals surface area (Å²) in [5, 5.41) is 23.3. The molecule has 3 N–H and O–H groups in total. The first-order valence-electron chi connectivity index (χ1n) is 35.1. The van der Waals surface area contributed by atoms with E-state index in [1.165, 1.54) is 315 Å². The minimum absolute atomic E-state index is 0.0148. The minimum atomic E-state index is -0.662. The molecule has 0 aliphatic carbocycles. The van der Waals surface area contributed by atoms with Crippen molar-refractivity contribution in [3.63, 3.8) is 0 Å². The van der Waals surface area contributed by atoms with E-state index in [2.05, 4.69) is 43.5 Å². The van der Waals surface area contributed by atoms with Crippen molar-refractivity contribution in [3.8, 4) is 0 Å². The molecule has 0 bridgehead atoms. The fourth-order valence-corrected chi connectivity index (χ4v) is 11.1. The van der Waals surface area contributed by atoms with Gasteiger partial charge in [0.15, 0.2) is 0 Å². The van der Waals surface area contributed by atoms with Gasteiger partial charge in [-0.05, 0) is 77.0 Å². The maximum atomic E-state index is 12.5. The molecule has 0 aliphatic rings. The van der Waals surface area contributed by atoms with Crippen molar-refractivity contribution in [2.75, 3.05) is 13.2 Å². The normalized spacial score (nSPS) is 12.6. The number of rotatable bonds is 66. The second-order valence-electron chi connectivity index (χ2n) is 24.2. The van der Waals surface area contributed by atoms with Gasteiger partial charge in [0.2, 0.25) is 5.91 Å². The van der Waals surface area contributed by atoms with Crippen LogP contribution in [0.2, 0.25) is 0 Å². The van der Waals surface area contributed by atoms with Gasteiger partial charge in [-0.25, -0.2) is 0 Å². The predicted octanol–water partition coefficient (Wildman–Crippen LogP) is 22.5. The highest BCUT2D eigenvalue weighted by molar-refractivity contribution is 5.76. The van der Waals surface area contributed by atoms with Crippen LogP contribution in [0.4, 0.5) is 0 Å². The second kappa shape index (κ2) is 66.8. The lowest BCUT2D eigenvalue weighted by molar-refractivity contribution is -0.143. The molecule has 6 heteroatoms. The molecule has 0 rings (SSSR count). The number of hydrogen-bond donors (Lipinski definition) is 3.